The first kappa shape index (κ1) is 12.9. The second-order valence-corrected chi connectivity index (χ2v) is 4.74. The van der Waals surface area contributed by atoms with Gasteiger partial charge in [-0.1, -0.05) is 13.8 Å². The second-order valence-electron chi connectivity index (χ2n) is 4.74. The summed E-state index contributed by atoms with van der Waals surface area (Å²) in [5.74, 6) is 1.15. The summed E-state index contributed by atoms with van der Waals surface area (Å²) in [7, 11) is 0. The number of aryl methyl sites for hydroxylation is 2. The van der Waals surface area contributed by atoms with Crippen LogP contribution in [0.3, 0.4) is 0 Å². The molecule has 0 amide bonds. The Hall–Kier alpha value is -1.58. The van der Waals surface area contributed by atoms with Gasteiger partial charge in [0.2, 0.25) is 0 Å². The van der Waals surface area contributed by atoms with E-state index in [9.17, 15) is 0 Å². The summed E-state index contributed by atoms with van der Waals surface area (Å²) >= 11 is 0. The largest absolute Gasteiger partial charge is 0.356 e. The van der Waals surface area contributed by atoms with Crippen molar-refractivity contribution in [3.8, 4) is 0 Å². The van der Waals surface area contributed by atoms with Crippen molar-refractivity contribution in [2.45, 2.75) is 40.5 Å². The van der Waals surface area contributed by atoms with E-state index < -0.39 is 0 Å². The Bertz CT molecular complexity index is 524. The molecule has 2 aromatic rings. The van der Waals surface area contributed by atoms with Crippen LogP contribution < -0.4 is 4.90 Å². The molecule has 0 aliphatic rings. The highest BCUT2D eigenvalue weighted by atomic mass is 15.3. The van der Waals surface area contributed by atoms with Gasteiger partial charge in [0.25, 0.3) is 0 Å². The summed E-state index contributed by atoms with van der Waals surface area (Å²) in [5, 5.41) is 4.61. The quantitative estimate of drug-likeness (QED) is 0.813. The molecule has 2 aromatic heterocycles. The lowest BCUT2D eigenvalue weighted by molar-refractivity contribution is 0.714. The molecule has 4 nitrogen and oxygen atoms in total. The van der Waals surface area contributed by atoms with Gasteiger partial charge in [0.05, 0.1) is 5.69 Å². The number of fused-ring (bicyclic) bond motifs is 1. The van der Waals surface area contributed by atoms with Gasteiger partial charge < -0.3 is 4.90 Å². The maximum Gasteiger partial charge on any atom is 0.160 e. The fourth-order valence-electron chi connectivity index (χ4n) is 2.27. The van der Waals surface area contributed by atoms with E-state index in [-0.39, 0.29) is 0 Å². The van der Waals surface area contributed by atoms with Crippen LogP contribution in [0.1, 0.15) is 37.9 Å². The Labute approximate surface area is 109 Å². The van der Waals surface area contributed by atoms with Crippen LogP contribution in [0.15, 0.2) is 12.3 Å². The number of anilines is 1. The Morgan fingerprint density at radius 1 is 1.17 bits per heavy atom. The Morgan fingerprint density at radius 2 is 1.83 bits per heavy atom. The average molecular weight is 246 g/mol. The zero-order chi connectivity index (χ0) is 13.1. The van der Waals surface area contributed by atoms with Crippen molar-refractivity contribution in [1.82, 2.24) is 14.6 Å². The molecule has 0 atom stereocenters. The van der Waals surface area contributed by atoms with Gasteiger partial charge in [-0.3, -0.25) is 0 Å². The number of hydrogen-bond acceptors (Lipinski definition) is 3. The average Bonchev–Trinajstić information content (AvgIpc) is 2.65. The zero-order valence-electron chi connectivity index (χ0n) is 11.8. The first-order valence-electron chi connectivity index (χ1n) is 6.74. The SMILES string of the molecule is CCCN(CCC)c1ccnc2c(C)c(C)nn12. The normalized spacial score (nSPS) is 11.1. The van der Waals surface area contributed by atoms with Crippen LogP contribution in [0.5, 0.6) is 0 Å². The van der Waals surface area contributed by atoms with E-state index in [1.54, 1.807) is 0 Å². The highest BCUT2D eigenvalue weighted by Crippen LogP contribution is 2.19. The molecular weight excluding hydrogens is 224 g/mol. The molecule has 4 heteroatoms. The fraction of sp³-hybridized carbons (Fsp3) is 0.571. The van der Waals surface area contributed by atoms with Gasteiger partial charge in [0, 0.05) is 24.8 Å². The van der Waals surface area contributed by atoms with Gasteiger partial charge in [0.15, 0.2) is 5.65 Å². The van der Waals surface area contributed by atoms with Crippen molar-refractivity contribution in [2.75, 3.05) is 18.0 Å². The molecule has 98 valence electrons. The summed E-state index contributed by atoms with van der Waals surface area (Å²) in [4.78, 5) is 6.83. The smallest absolute Gasteiger partial charge is 0.160 e. The van der Waals surface area contributed by atoms with Crippen molar-refractivity contribution in [3.63, 3.8) is 0 Å². The first-order chi connectivity index (χ1) is 8.69. The van der Waals surface area contributed by atoms with Crippen molar-refractivity contribution >= 4 is 11.5 Å². The first-order valence-corrected chi connectivity index (χ1v) is 6.74. The third-order valence-electron chi connectivity index (χ3n) is 3.28. The standard InChI is InChI=1S/C14H22N4/c1-5-9-17(10-6-2)13-7-8-15-14-11(3)12(4)16-18(13)14/h7-8H,5-6,9-10H2,1-4H3. The molecule has 2 rings (SSSR count). The van der Waals surface area contributed by atoms with Crippen LogP contribution in [0.25, 0.3) is 5.65 Å². The van der Waals surface area contributed by atoms with Gasteiger partial charge in [-0.05, 0) is 32.8 Å². The Morgan fingerprint density at radius 3 is 2.44 bits per heavy atom. The zero-order valence-corrected chi connectivity index (χ0v) is 11.8. The maximum atomic E-state index is 4.61. The van der Waals surface area contributed by atoms with Crippen molar-refractivity contribution < 1.29 is 0 Å². The van der Waals surface area contributed by atoms with Crippen molar-refractivity contribution in [2.24, 2.45) is 0 Å². The third kappa shape index (κ3) is 2.19. The molecule has 0 aliphatic carbocycles. The molecular formula is C14H22N4. The monoisotopic (exact) mass is 246 g/mol. The highest BCUT2D eigenvalue weighted by molar-refractivity contribution is 5.55. The van der Waals surface area contributed by atoms with Crippen molar-refractivity contribution in [3.05, 3.63) is 23.5 Å². The van der Waals surface area contributed by atoms with Crippen LogP contribution >= 0.6 is 0 Å². The molecule has 2 heterocycles. The molecule has 0 N–H and O–H groups in total. The second kappa shape index (κ2) is 5.38. The minimum absolute atomic E-state index is 0.974. The highest BCUT2D eigenvalue weighted by Gasteiger charge is 2.13. The Kier molecular flexibility index (Phi) is 3.84. The van der Waals surface area contributed by atoms with E-state index >= 15 is 0 Å². The van der Waals surface area contributed by atoms with E-state index in [0.29, 0.717) is 0 Å². The molecule has 18 heavy (non-hydrogen) atoms. The number of nitrogens with zero attached hydrogens (tertiary/aromatic N) is 4. The topological polar surface area (TPSA) is 33.4 Å². The van der Waals surface area contributed by atoms with Gasteiger partial charge in [-0.25, -0.2) is 4.98 Å². The van der Waals surface area contributed by atoms with Crippen LogP contribution in [0, 0.1) is 13.8 Å². The molecule has 0 aliphatic heterocycles. The van der Waals surface area contributed by atoms with E-state index in [2.05, 4.69) is 41.8 Å². The molecule has 0 aromatic carbocycles. The maximum absolute atomic E-state index is 4.61. The molecule has 0 bridgehead atoms. The van der Waals surface area contributed by atoms with E-state index in [1.165, 1.54) is 5.56 Å². The minimum atomic E-state index is 0.974. The summed E-state index contributed by atoms with van der Waals surface area (Å²) < 4.78 is 1.98. The van der Waals surface area contributed by atoms with Crippen molar-refractivity contribution in [1.29, 1.82) is 0 Å². The van der Waals surface area contributed by atoms with E-state index in [1.807, 2.05) is 17.6 Å². The molecule has 0 spiro atoms. The van der Waals surface area contributed by atoms with Crippen LogP contribution in [-0.4, -0.2) is 27.7 Å². The number of hydrogen-bond donors (Lipinski definition) is 0. The lowest BCUT2D eigenvalue weighted by Gasteiger charge is -2.23. The molecule has 0 radical (unpaired) electrons. The lowest BCUT2D eigenvalue weighted by Crippen LogP contribution is -2.27. The predicted molar refractivity (Wildman–Crippen MR) is 75.3 cm³/mol. The Balaban J connectivity index is 2.51. The summed E-state index contributed by atoms with van der Waals surface area (Å²) in [5.41, 5.74) is 3.20. The van der Waals surface area contributed by atoms with Crippen LogP contribution in [-0.2, 0) is 0 Å². The fourth-order valence-corrected chi connectivity index (χ4v) is 2.27. The summed E-state index contributed by atoms with van der Waals surface area (Å²) in [6.07, 6.45) is 4.17. The van der Waals surface area contributed by atoms with Gasteiger partial charge in [-0.2, -0.15) is 9.61 Å². The van der Waals surface area contributed by atoms with Gasteiger partial charge in [-0.15, -0.1) is 0 Å². The van der Waals surface area contributed by atoms with Crippen LogP contribution in [0.4, 0.5) is 5.82 Å². The summed E-state index contributed by atoms with van der Waals surface area (Å²) in [6, 6.07) is 2.06. The number of aromatic nitrogens is 3. The summed E-state index contributed by atoms with van der Waals surface area (Å²) in [6.45, 7) is 10.7. The van der Waals surface area contributed by atoms with E-state index in [0.717, 1.165) is 43.1 Å². The molecule has 0 unspecified atom stereocenters. The lowest BCUT2D eigenvalue weighted by atomic mass is 10.3. The molecule has 0 saturated carbocycles. The predicted octanol–water partition coefficient (Wildman–Crippen LogP) is 2.97. The van der Waals surface area contributed by atoms with Crippen LogP contribution in [0.2, 0.25) is 0 Å². The molecule has 0 saturated heterocycles. The minimum Gasteiger partial charge on any atom is -0.356 e. The molecule has 0 fully saturated rings. The third-order valence-corrected chi connectivity index (χ3v) is 3.28. The van der Waals surface area contributed by atoms with E-state index in [4.69, 9.17) is 0 Å². The van der Waals surface area contributed by atoms with Gasteiger partial charge in [0.1, 0.15) is 5.82 Å². The van der Waals surface area contributed by atoms with Gasteiger partial charge >= 0.3 is 0 Å². The number of rotatable bonds is 5.